The SMILES string of the molecule is CO[SiH](OC)C(C)CCN(C)CCCCCCCCN(C)CCC(C)[SiH](OC)OC. The van der Waals surface area contributed by atoms with Gasteiger partial charge in [0.1, 0.15) is 0 Å². The summed E-state index contributed by atoms with van der Waals surface area (Å²) in [5, 5.41) is 0. The largest absolute Gasteiger partial charge is 0.400 e. The van der Waals surface area contributed by atoms with E-state index in [1.165, 1.54) is 64.5 Å². The highest BCUT2D eigenvalue weighted by molar-refractivity contribution is 6.46. The number of hydrogen-bond acceptors (Lipinski definition) is 6. The highest BCUT2D eigenvalue weighted by atomic mass is 28.3. The lowest BCUT2D eigenvalue weighted by Crippen LogP contribution is -2.29. The minimum absolute atomic E-state index is 0.562. The maximum atomic E-state index is 5.48. The molecule has 2 atom stereocenters. The molecule has 6 nitrogen and oxygen atoms in total. The van der Waals surface area contributed by atoms with Crippen molar-refractivity contribution >= 4 is 18.6 Å². The molecule has 0 aromatic rings. The van der Waals surface area contributed by atoms with Crippen molar-refractivity contribution in [2.45, 2.75) is 76.3 Å². The van der Waals surface area contributed by atoms with Crippen LogP contribution in [0.4, 0.5) is 0 Å². The van der Waals surface area contributed by atoms with Gasteiger partial charge in [-0.3, -0.25) is 0 Å². The van der Waals surface area contributed by atoms with Crippen LogP contribution in [0, 0.1) is 0 Å². The monoisotopic (exact) mass is 464 g/mol. The van der Waals surface area contributed by atoms with Crippen molar-refractivity contribution in [2.24, 2.45) is 0 Å². The summed E-state index contributed by atoms with van der Waals surface area (Å²) in [5.74, 6) is 0. The summed E-state index contributed by atoms with van der Waals surface area (Å²) in [6.07, 6.45) is 10.4. The van der Waals surface area contributed by atoms with Gasteiger partial charge in [0.2, 0.25) is 0 Å². The van der Waals surface area contributed by atoms with Crippen LogP contribution in [0.15, 0.2) is 0 Å². The van der Waals surface area contributed by atoms with E-state index in [9.17, 15) is 0 Å². The molecule has 0 N–H and O–H groups in total. The first-order valence-corrected chi connectivity index (χ1v) is 15.1. The number of rotatable bonds is 21. The van der Waals surface area contributed by atoms with Gasteiger partial charge in [-0.2, -0.15) is 0 Å². The highest BCUT2D eigenvalue weighted by Gasteiger charge is 2.20. The second-order valence-corrected chi connectivity index (χ2v) is 14.6. The predicted octanol–water partition coefficient (Wildman–Crippen LogP) is 3.78. The molecule has 0 bridgehead atoms. The van der Waals surface area contributed by atoms with Crippen LogP contribution in [0.1, 0.15) is 65.2 Å². The van der Waals surface area contributed by atoms with Gasteiger partial charge in [0.05, 0.1) is 0 Å². The standard InChI is InChI=1S/C22H52N2O4Si2/c1-21(29(25-5)26-6)15-19-23(3)17-13-11-9-10-12-14-18-24(4)20-16-22(2)30(27-7)28-8/h21-22,29-30H,9-20H2,1-8H3. The van der Waals surface area contributed by atoms with Gasteiger partial charge in [-0.05, 0) is 77.0 Å². The van der Waals surface area contributed by atoms with Crippen LogP contribution in [0.3, 0.4) is 0 Å². The Morgan fingerprint density at radius 2 is 0.833 bits per heavy atom. The Kier molecular flexibility index (Phi) is 20.0. The van der Waals surface area contributed by atoms with Crippen LogP contribution in [0.5, 0.6) is 0 Å². The van der Waals surface area contributed by atoms with Gasteiger partial charge in [0.25, 0.3) is 0 Å². The molecule has 0 saturated carbocycles. The summed E-state index contributed by atoms with van der Waals surface area (Å²) in [5.41, 5.74) is 1.12. The Hall–Kier alpha value is 0.194. The van der Waals surface area contributed by atoms with E-state index in [1.54, 1.807) is 28.4 Å². The van der Waals surface area contributed by atoms with Crippen LogP contribution in [0.2, 0.25) is 11.1 Å². The van der Waals surface area contributed by atoms with Gasteiger partial charge in [-0.1, -0.05) is 39.5 Å². The maximum Gasteiger partial charge on any atom is 0.323 e. The predicted molar refractivity (Wildman–Crippen MR) is 133 cm³/mol. The number of unbranched alkanes of at least 4 members (excludes halogenated alkanes) is 5. The second-order valence-electron chi connectivity index (χ2n) is 8.94. The minimum Gasteiger partial charge on any atom is -0.400 e. The van der Waals surface area contributed by atoms with E-state index in [2.05, 4.69) is 37.7 Å². The summed E-state index contributed by atoms with van der Waals surface area (Å²) in [4.78, 5) is 4.92. The molecule has 0 radical (unpaired) electrons. The van der Waals surface area contributed by atoms with Gasteiger partial charge in [0, 0.05) is 28.4 Å². The Bertz CT molecular complexity index is 341. The zero-order chi connectivity index (χ0) is 22.8. The first kappa shape index (κ1) is 30.2. The Labute approximate surface area is 191 Å². The summed E-state index contributed by atoms with van der Waals surface area (Å²) in [6, 6.07) is 0. The van der Waals surface area contributed by atoms with Crippen molar-refractivity contribution in [3.8, 4) is 0 Å². The van der Waals surface area contributed by atoms with E-state index in [4.69, 9.17) is 17.7 Å². The molecule has 0 aliphatic carbocycles. The molecule has 0 rings (SSSR count). The smallest absolute Gasteiger partial charge is 0.323 e. The number of nitrogens with zero attached hydrogens (tertiary/aromatic N) is 2. The summed E-state index contributed by atoms with van der Waals surface area (Å²) >= 11 is 0. The van der Waals surface area contributed by atoms with Crippen LogP contribution in [0.25, 0.3) is 0 Å². The molecule has 8 heteroatoms. The molecular weight excluding hydrogens is 412 g/mol. The van der Waals surface area contributed by atoms with Crippen molar-refractivity contribution in [2.75, 3.05) is 68.7 Å². The molecule has 0 aromatic heterocycles. The maximum absolute atomic E-state index is 5.48. The average molecular weight is 465 g/mol. The van der Waals surface area contributed by atoms with Gasteiger partial charge >= 0.3 is 18.6 Å². The molecule has 0 heterocycles. The molecule has 0 spiro atoms. The van der Waals surface area contributed by atoms with E-state index in [1.807, 2.05) is 0 Å². The third kappa shape index (κ3) is 15.1. The minimum atomic E-state index is -1.46. The Morgan fingerprint density at radius 3 is 1.13 bits per heavy atom. The Balaban J connectivity index is 3.58. The molecule has 2 unspecified atom stereocenters. The molecule has 0 fully saturated rings. The summed E-state index contributed by atoms with van der Waals surface area (Å²) in [7, 11) is 8.67. The molecular formula is C22H52N2O4Si2. The lowest BCUT2D eigenvalue weighted by Gasteiger charge is -2.22. The summed E-state index contributed by atoms with van der Waals surface area (Å²) < 4.78 is 21.9. The van der Waals surface area contributed by atoms with Crippen molar-refractivity contribution in [1.29, 1.82) is 0 Å². The lowest BCUT2D eigenvalue weighted by atomic mass is 10.1. The quantitative estimate of drug-likeness (QED) is 0.190. The first-order chi connectivity index (χ1) is 14.4. The van der Waals surface area contributed by atoms with Crippen LogP contribution < -0.4 is 0 Å². The van der Waals surface area contributed by atoms with E-state index >= 15 is 0 Å². The molecule has 182 valence electrons. The zero-order valence-corrected chi connectivity index (χ0v) is 23.6. The van der Waals surface area contributed by atoms with E-state index < -0.39 is 18.6 Å². The van der Waals surface area contributed by atoms with Crippen LogP contribution >= 0.6 is 0 Å². The highest BCUT2D eigenvalue weighted by Crippen LogP contribution is 2.17. The zero-order valence-electron chi connectivity index (χ0n) is 21.3. The Morgan fingerprint density at radius 1 is 0.533 bits per heavy atom. The van der Waals surface area contributed by atoms with Crippen molar-refractivity contribution in [1.82, 2.24) is 9.80 Å². The average Bonchev–Trinajstić information content (AvgIpc) is 2.74. The fraction of sp³-hybridized carbons (Fsp3) is 1.00. The van der Waals surface area contributed by atoms with Gasteiger partial charge in [0.15, 0.2) is 0 Å². The van der Waals surface area contributed by atoms with Crippen molar-refractivity contribution in [3.05, 3.63) is 0 Å². The topological polar surface area (TPSA) is 43.4 Å². The van der Waals surface area contributed by atoms with E-state index in [0.717, 1.165) is 13.1 Å². The molecule has 0 aromatic carbocycles. The van der Waals surface area contributed by atoms with Gasteiger partial charge in [-0.25, -0.2) is 0 Å². The normalized spacial score (nSPS) is 14.4. The molecule has 0 saturated heterocycles. The molecule has 0 aliphatic rings. The third-order valence-corrected chi connectivity index (χ3v) is 10.5. The lowest BCUT2D eigenvalue weighted by molar-refractivity contribution is 0.254. The van der Waals surface area contributed by atoms with Crippen molar-refractivity contribution in [3.63, 3.8) is 0 Å². The molecule has 30 heavy (non-hydrogen) atoms. The van der Waals surface area contributed by atoms with Gasteiger partial charge in [-0.15, -0.1) is 0 Å². The van der Waals surface area contributed by atoms with Gasteiger partial charge < -0.3 is 27.5 Å². The van der Waals surface area contributed by atoms with Crippen molar-refractivity contribution < 1.29 is 17.7 Å². The first-order valence-electron chi connectivity index (χ1n) is 11.9. The third-order valence-electron chi connectivity index (χ3n) is 6.12. The number of hydrogen-bond donors (Lipinski definition) is 0. The van der Waals surface area contributed by atoms with Crippen LogP contribution in [-0.4, -0.2) is 97.1 Å². The van der Waals surface area contributed by atoms with E-state index in [0.29, 0.717) is 11.1 Å². The molecule has 0 aliphatic heterocycles. The molecule has 0 amide bonds. The van der Waals surface area contributed by atoms with E-state index in [-0.39, 0.29) is 0 Å². The fourth-order valence-corrected chi connectivity index (χ4v) is 7.02. The summed E-state index contributed by atoms with van der Waals surface area (Å²) in [6.45, 7) is 9.20. The second kappa shape index (κ2) is 19.8. The fourth-order valence-electron chi connectivity index (χ4n) is 3.94. The van der Waals surface area contributed by atoms with Crippen LogP contribution in [-0.2, 0) is 17.7 Å².